The molecule has 6 heteroatoms. The third-order valence-electron chi connectivity index (χ3n) is 3.93. The van der Waals surface area contributed by atoms with Gasteiger partial charge in [-0.25, -0.2) is 4.79 Å². The summed E-state index contributed by atoms with van der Waals surface area (Å²) in [6.45, 7) is 5.09. The zero-order valence-corrected chi connectivity index (χ0v) is 12.6. The normalized spacial score (nSPS) is 23.4. The maximum Gasteiger partial charge on any atom is 0.409 e. The number of rotatable bonds is 4. The molecule has 2 heterocycles. The van der Waals surface area contributed by atoms with Gasteiger partial charge in [-0.15, -0.1) is 0 Å². The van der Waals surface area contributed by atoms with Gasteiger partial charge in [0.15, 0.2) is 0 Å². The summed E-state index contributed by atoms with van der Waals surface area (Å²) < 4.78 is 10.8. The van der Waals surface area contributed by atoms with Crippen molar-refractivity contribution >= 4 is 17.7 Å². The third-order valence-corrected chi connectivity index (χ3v) is 4.28. The molecule has 2 aliphatic rings. The molecule has 1 aromatic carbocycles. The predicted molar refractivity (Wildman–Crippen MR) is 79.5 cm³/mol. The summed E-state index contributed by atoms with van der Waals surface area (Å²) in [6.07, 6.45) is -0.205. The van der Waals surface area contributed by atoms with Gasteiger partial charge in [-0.2, -0.15) is 0 Å². The van der Waals surface area contributed by atoms with Crippen molar-refractivity contribution in [1.82, 2.24) is 9.80 Å². The first-order valence-electron chi connectivity index (χ1n) is 7.24. The molecule has 21 heavy (non-hydrogen) atoms. The zero-order valence-electron chi connectivity index (χ0n) is 11.8. The van der Waals surface area contributed by atoms with E-state index < -0.39 is 0 Å². The largest absolute Gasteiger partial charge is 0.448 e. The van der Waals surface area contributed by atoms with Crippen LogP contribution in [-0.2, 0) is 9.47 Å². The Hall–Kier alpha value is -1.30. The molecule has 3 rings (SSSR count). The first-order valence-corrected chi connectivity index (χ1v) is 7.62. The molecule has 1 atom stereocenters. The molecule has 0 unspecified atom stereocenters. The van der Waals surface area contributed by atoms with E-state index in [4.69, 9.17) is 21.1 Å². The van der Waals surface area contributed by atoms with Crippen LogP contribution in [0.25, 0.3) is 0 Å². The fraction of sp³-hybridized carbons (Fsp3) is 0.533. The molecule has 2 saturated heterocycles. The molecular weight excluding hydrogens is 292 g/mol. The summed E-state index contributed by atoms with van der Waals surface area (Å²) in [6, 6.07) is 7.79. The molecule has 0 bridgehead atoms. The van der Waals surface area contributed by atoms with Crippen LogP contribution in [0.4, 0.5) is 4.79 Å². The molecule has 0 spiro atoms. The molecular formula is C15H19ClN2O3. The summed E-state index contributed by atoms with van der Waals surface area (Å²) in [7, 11) is 0. The lowest BCUT2D eigenvalue weighted by molar-refractivity contribution is -0.0310. The first kappa shape index (κ1) is 14.6. The van der Waals surface area contributed by atoms with Crippen molar-refractivity contribution in [2.24, 2.45) is 0 Å². The van der Waals surface area contributed by atoms with Crippen LogP contribution in [0.15, 0.2) is 24.3 Å². The van der Waals surface area contributed by atoms with Crippen LogP contribution in [0, 0.1) is 0 Å². The van der Waals surface area contributed by atoms with E-state index in [9.17, 15) is 4.79 Å². The number of carbonyl (C=O) groups is 1. The second kappa shape index (κ2) is 6.64. The highest BCUT2D eigenvalue weighted by atomic mass is 35.5. The molecule has 5 nitrogen and oxygen atoms in total. The van der Waals surface area contributed by atoms with Gasteiger partial charge in [0.1, 0.15) is 6.61 Å². The van der Waals surface area contributed by atoms with Crippen molar-refractivity contribution in [2.45, 2.75) is 6.10 Å². The van der Waals surface area contributed by atoms with Crippen molar-refractivity contribution in [3.63, 3.8) is 0 Å². The summed E-state index contributed by atoms with van der Waals surface area (Å²) in [4.78, 5) is 15.5. The Morgan fingerprint density at radius 2 is 2.05 bits per heavy atom. The first-order chi connectivity index (χ1) is 10.2. The SMILES string of the molecule is O=C1OCCN1CCN1CCO[C@@H](c2ccccc2Cl)C1. The topological polar surface area (TPSA) is 42.0 Å². The highest BCUT2D eigenvalue weighted by Gasteiger charge is 2.26. The Kier molecular flexibility index (Phi) is 4.63. The Labute approximate surface area is 129 Å². The van der Waals surface area contributed by atoms with Crippen LogP contribution >= 0.6 is 11.6 Å². The van der Waals surface area contributed by atoms with E-state index >= 15 is 0 Å². The number of hydrogen-bond donors (Lipinski definition) is 0. The Morgan fingerprint density at radius 3 is 2.81 bits per heavy atom. The predicted octanol–water partition coefficient (Wildman–Crippen LogP) is 2.17. The van der Waals surface area contributed by atoms with E-state index in [0.29, 0.717) is 26.3 Å². The maximum absolute atomic E-state index is 11.4. The molecule has 1 amide bonds. The minimum Gasteiger partial charge on any atom is -0.448 e. The van der Waals surface area contributed by atoms with Gasteiger partial charge < -0.3 is 14.4 Å². The van der Waals surface area contributed by atoms with Crippen LogP contribution in [0.5, 0.6) is 0 Å². The quantitative estimate of drug-likeness (QED) is 0.855. The molecule has 0 saturated carbocycles. The van der Waals surface area contributed by atoms with E-state index in [1.165, 1.54) is 0 Å². The number of morpholine rings is 1. The van der Waals surface area contributed by atoms with Gasteiger partial charge in [0.25, 0.3) is 0 Å². The summed E-state index contributed by atoms with van der Waals surface area (Å²) in [5.74, 6) is 0. The number of carbonyl (C=O) groups excluding carboxylic acids is 1. The minimum absolute atomic E-state index is 0.00187. The number of nitrogens with zero attached hydrogens (tertiary/aromatic N) is 2. The van der Waals surface area contributed by atoms with Gasteiger partial charge in [0.2, 0.25) is 0 Å². The third kappa shape index (κ3) is 3.48. The average Bonchev–Trinajstić information content (AvgIpc) is 2.91. The summed E-state index contributed by atoms with van der Waals surface area (Å²) in [5, 5.41) is 0.743. The van der Waals surface area contributed by atoms with E-state index in [2.05, 4.69) is 4.90 Å². The van der Waals surface area contributed by atoms with Gasteiger partial charge in [-0.3, -0.25) is 4.90 Å². The molecule has 0 radical (unpaired) electrons. The fourth-order valence-electron chi connectivity index (χ4n) is 2.72. The van der Waals surface area contributed by atoms with Crippen molar-refractivity contribution in [3.05, 3.63) is 34.9 Å². The number of hydrogen-bond acceptors (Lipinski definition) is 4. The number of amides is 1. The van der Waals surface area contributed by atoms with Crippen LogP contribution < -0.4 is 0 Å². The number of cyclic esters (lactones) is 1. The van der Waals surface area contributed by atoms with Crippen molar-refractivity contribution in [1.29, 1.82) is 0 Å². The molecule has 2 fully saturated rings. The summed E-state index contributed by atoms with van der Waals surface area (Å²) >= 11 is 6.24. The minimum atomic E-state index is -0.203. The number of ether oxygens (including phenoxy) is 2. The van der Waals surface area contributed by atoms with Crippen LogP contribution in [0.1, 0.15) is 11.7 Å². The van der Waals surface area contributed by atoms with Crippen molar-refractivity contribution in [3.8, 4) is 0 Å². The molecule has 1 aromatic rings. The van der Waals surface area contributed by atoms with Crippen LogP contribution in [0.2, 0.25) is 5.02 Å². The van der Waals surface area contributed by atoms with E-state index in [1.807, 2.05) is 24.3 Å². The average molecular weight is 311 g/mol. The molecule has 114 valence electrons. The van der Waals surface area contributed by atoms with Crippen LogP contribution in [-0.4, -0.2) is 61.8 Å². The lowest BCUT2D eigenvalue weighted by Gasteiger charge is -2.34. The number of halogens is 1. The monoisotopic (exact) mass is 310 g/mol. The highest BCUT2D eigenvalue weighted by molar-refractivity contribution is 6.31. The number of benzene rings is 1. The van der Waals surface area contributed by atoms with E-state index in [-0.39, 0.29) is 12.2 Å². The van der Waals surface area contributed by atoms with Crippen molar-refractivity contribution < 1.29 is 14.3 Å². The highest BCUT2D eigenvalue weighted by Crippen LogP contribution is 2.28. The molecule has 0 N–H and O–H groups in total. The van der Waals surface area contributed by atoms with Crippen molar-refractivity contribution in [2.75, 3.05) is 45.9 Å². The second-order valence-corrected chi connectivity index (χ2v) is 5.69. The fourth-order valence-corrected chi connectivity index (χ4v) is 2.98. The Morgan fingerprint density at radius 1 is 1.19 bits per heavy atom. The smallest absolute Gasteiger partial charge is 0.409 e. The molecule has 0 aliphatic carbocycles. The Bertz CT molecular complexity index is 511. The molecule has 0 aromatic heterocycles. The lowest BCUT2D eigenvalue weighted by atomic mass is 10.1. The lowest BCUT2D eigenvalue weighted by Crippen LogP contribution is -2.43. The Balaban J connectivity index is 1.56. The van der Waals surface area contributed by atoms with Gasteiger partial charge in [0, 0.05) is 36.8 Å². The standard InChI is InChI=1S/C15H19ClN2O3/c16-13-4-2-1-3-12(13)14-11-17(7-9-20-14)5-6-18-8-10-21-15(18)19/h1-4,14H,5-11H2/t14-/m1/s1. The van der Waals surface area contributed by atoms with Crippen LogP contribution in [0.3, 0.4) is 0 Å². The zero-order chi connectivity index (χ0) is 14.7. The van der Waals surface area contributed by atoms with E-state index in [0.717, 1.165) is 30.2 Å². The van der Waals surface area contributed by atoms with Gasteiger partial charge >= 0.3 is 6.09 Å². The van der Waals surface area contributed by atoms with Gasteiger partial charge in [0.05, 0.1) is 19.3 Å². The maximum atomic E-state index is 11.4. The molecule has 2 aliphatic heterocycles. The van der Waals surface area contributed by atoms with E-state index in [1.54, 1.807) is 4.90 Å². The van der Waals surface area contributed by atoms with Gasteiger partial charge in [-0.1, -0.05) is 29.8 Å². The second-order valence-electron chi connectivity index (χ2n) is 5.28. The summed E-state index contributed by atoms with van der Waals surface area (Å²) in [5.41, 5.74) is 1.03. The van der Waals surface area contributed by atoms with Gasteiger partial charge in [-0.05, 0) is 6.07 Å².